The highest BCUT2D eigenvalue weighted by Crippen LogP contribution is 2.60. The maximum absolute atomic E-state index is 14.0. The van der Waals surface area contributed by atoms with Crippen molar-refractivity contribution in [2.24, 2.45) is 17.8 Å². The van der Waals surface area contributed by atoms with Gasteiger partial charge in [0.25, 0.3) is 0 Å². The molecule has 3 unspecified atom stereocenters. The van der Waals surface area contributed by atoms with Crippen LogP contribution in [0.5, 0.6) is 0 Å². The fourth-order valence-corrected chi connectivity index (χ4v) is 7.24. The largest absolute Gasteiger partial charge is 0.394 e. The standard InChI is InChI=1S/C25H33BrN6O5/c1-4-9-27-22(34)18-19-24(36)32(17(11-33)13(2)3)21(25(19)10-14(26)20(18)37-25)23(35)28-12-31-16-8-6-5-7-15(16)29-30-31/h5-8,13-14,17-21,33H,4,9-12H2,1-3H3,(H,27,34)(H,28,35)/t14?,17-,18-,19-,20-,21?,25?/m0/s1. The van der Waals surface area contributed by atoms with E-state index in [9.17, 15) is 19.5 Å². The van der Waals surface area contributed by atoms with Crippen molar-refractivity contribution in [1.29, 1.82) is 0 Å². The summed E-state index contributed by atoms with van der Waals surface area (Å²) in [7, 11) is 0. The molecule has 37 heavy (non-hydrogen) atoms. The van der Waals surface area contributed by atoms with Crippen LogP contribution >= 0.6 is 15.9 Å². The van der Waals surface area contributed by atoms with Crippen LogP contribution in [0.3, 0.4) is 0 Å². The zero-order valence-electron chi connectivity index (χ0n) is 21.1. The molecule has 4 heterocycles. The highest BCUT2D eigenvalue weighted by Gasteiger charge is 2.77. The van der Waals surface area contributed by atoms with Crippen LogP contribution in [0.25, 0.3) is 11.0 Å². The van der Waals surface area contributed by atoms with Gasteiger partial charge in [-0.25, -0.2) is 4.68 Å². The first kappa shape index (κ1) is 26.1. The zero-order chi connectivity index (χ0) is 26.5. The highest BCUT2D eigenvalue weighted by molar-refractivity contribution is 9.09. The van der Waals surface area contributed by atoms with E-state index in [-0.39, 0.29) is 35.8 Å². The molecule has 0 aliphatic carbocycles. The third kappa shape index (κ3) is 4.04. The van der Waals surface area contributed by atoms with Crippen molar-refractivity contribution in [3.63, 3.8) is 0 Å². The number of para-hydroxylation sites is 1. The number of alkyl halides is 1. The number of carbonyl (C=O) groups excluding carboxylic acids is 3. The van der Waals surface area contributed by atoms with E-state index in [1.54, 1.807) is 4.68 Å². The van der Waals surface area contributed by atoms with E-state index < -0.39 is 41.5 Å². The lowest BCUT2D eigenvalue weighted by Gasteiger charge is -2.38. The minimum atomic E-state index is -1.18. The molecule has 3 N–H and O–H groups in total. The molecule has 3 saturated heterocycles. The van der Waals surface area contributed by atoms with Gasteiger partial charge in [0.15, 0.2) is 0 Å². The predicted molar refractivity (Wildman–Crippen MR) is 137 cm³/mol. The second kappa shape index (κ2) is 9.95. The van der Waals surface area contributed by atoms with Gasteiger partial charge in [0.2, 0.25) is 17.7 Å². The molecule has 0 saturated carbocycles. The van der Waals surface area contributed by atoms with Gasteiger partial charge in [0.1, 0.15) is 23.8 Å². The van der Waals surface area contributed by atoms with Gasteiger partial charge in [-0.1, -0.05) is 54.0 Å². The SMILES string of the molecule is CCCNC(=O)[C@H]1[C@H]2C(=O)N([C@@H](CO)C(C)C)C(C(=O)NCn3nnc4ccccc43)C23CC(Br)[C@@H]1O3. The molecular weight excluding hydrogens is 544 g/mol. The Hall–Kier alpha value is -2.57. The van der Waals surface area contributed by atoms with E-state index in [1.165, 1.54) is 4.90 Å². The number of aliphatic hydroxyl groups is 1. The summed E-state index contributed by atoms with van der Waals surface area (Å²) in [5.41, 5.74) is 0.287. The van der Waals surface area contributed by atoms with Crippen LogP contribution < -0.4 is 10.6 Å². The highest BCUT2D eigenvalue weighted by atomic mass is 79.9. The molecule has 200 valence electrons. The van der Waals surface area contributed by atoms with Crippen molar-refractivity contribution in [3.05, 3.63) is 24.3 Å². The normalized spacial score (nSPS) is 31.2. The van der Waals surface area contributed by atoms with Crippen molar-refractivity contribution in [2.45, 2.75) is 68.9 Å². The first-order valence-corrected chi connectivity index (χ1v) is 13.7. The number of fused-ring (bicyclic) bond motifs is 2. The topological polar surface area (TPSA) is 139 Å². The van der Waals surface area contributed by atoms with Crippen LogP contribution in [0.2, 0.25) is 0 Å². The Morgan fingerprint density at radius 1 is 1.27 bits per heavy atom. The van der Waals surface area contributed by atoms with E-state index in [4.69, 9.17) is 4.74 Å². The van der Waals surface area contributed by atoms with E-state index in [1.807, 2.05) is 45.0 Å². The van der Waals surface area contributed by atoms with Gasteiger partial charge in [0, 0.05) is 11.4 Å². The summed E-state index contributed by atoms with van der Waals surface area (Å²) < 4.78 is 8.06. The van der Waals surface area contributed by atoms with Crippen LogP contribution in [-0.4, -0.2) is 84.5 Å². The third-order valence-corrected chi connectivity index (χ3v) is 8.81. The maximum Gasteiger partial charge on any atom is 0.247 e. The smallest absolute Gasteiger partial charge is 0.247 e. The Balaban J connectivity index is 1.49. The molecule has 5 rings (SSSR count). The quantitative estimate of drug-likeness (QED) is 0.375. The minimum Gasteiger partial charge on any atom is -0.394 e. The lowest BCUT2D eigenvalue weighted by atomic mass is 9.70. The van der Waals surface area contributed by atoms with Gasteiger partial charge in [-0.2, -0.15) is 0 Å². The number of amides is 3. The number of hydrogen-bond acceptors (Lipinski definition) is 7. The third-order valence-electron chi connectivity index (χ3n) is 7.96. The Bertz CT molecular complexity index is 1210. The van der Waals surface area contributed by atoms with Crippen molar-refractivity contribution >= 4 is 44.7 Å². The summed E-state index contributed by atoms with van der Waals surface area (Å²) in [6, 6.07) is 5.81. The van der Waals surface area contributed by atoms with E-state index in [0.29, 0.717) is 18.5 Å². The number of aliphatic hydroxyl groups excluding tert-OH is 1. The van der Waals surface area contributed by atoms with Gasteiger partial charge in [0.05, 0.1) is 36.1 Å². The molecular formula is C25H33BrN6O5. The molecule has 3 aliphatic rings. The Labute approximate surface area is 223 Å². The van der Waals surface area contributed by atoms with Crippen molar-refractivity contribution < 1.29 is 24.2 Å². The summed E-state index contributed by atoms with van der Waals surface area (Å²) in [5, 5.41) is 24.4. The van der Waals surface area contributed by atoms with E-state index >= 15 is 0 Å². The molecule has 1 spiro atoms. The fourth-order valence-electron chi connectivity index (χ4n) is 6.29. The van der Waals surface area contributed by atoms with Gasteiger partial charge in [-0.05, 0) is 30.9 Å². The molecule has 3 aliphatic heterocycles. The number of aromatic nitrogens is 3. The van der Waals surface area contributed by atoms with Crippen LogP contribution in [0.1, 0.15) is 33.6 Å². The summed E-state index contributed by atoms with van der Waals surface area (Å²) >= 11 is 3.66. The molecule has 2 bridgehead atoms. The molecule has 1 aromatic heterocycles. The number of hydrogen-bond donors (Lipinski definition) is 3. The number of nitrogens with one attached hydrogen (secondary N) is 2. The van der Waals surface area contributed by atoms with Gasteiger partial charge >= 0.3 is 0 Å². The van der Waals surface area contributed by atoms with Gasteiger partial charge < -0.3 is 25.4 Å². The Kier molecular flexibility index (Phi) is 7.01. The second-order valence-corrected chi connectivity index (χ2v) is 11.6. The van der Waals surface area contributed by atoms with E-state index in [0.717, 1.165) is 11.9 Å². The number of likely N-dealkylation sites (tertiary alicyclic amines) is 1. The molecule has 3 amide bonds. The van der Waals surface area contributed by atoms with Crippen LogP contribution in [0.4, 0.5) is 0 Å². The van der Waals surface area contributed by atoms with E-state index in [2.05, 4.69) is 36.9 Å². The van der Waals surface area contributed by atoms with Crippen molar-refractivity contribution in [3.8, 4) is 0 Å². The molecule has 3 fully saturated rings. The maximum atomic E-state index is 14.0. The molecule has 2 aromatic rings. The Morgan fingerprint density at radius 3 is 2.73 bits per heavy atom. The summed E-state index contributed by atoms with van der Waals surface area (Å²) in [5.74, 6) is -2.62. The fraction of sp³-hybridized carbons (Fsp3) is 0.640. The number of halogens is 1. The monoisotopic (exact) mass is 576 g/mol. The lowest BCUT2D eigenvalue weighted by molar-refractivity contribution is -0.147. The number of ether oxygens (including phenoxy) is 1. The van der Waals surface area contributed by atoms with Crippen molar-refractivity contribution in [2.75, 3.05) is 13.2 Å². The molecule has 0 radical (unpaired) electrons. The summed E-state index contributed by atoms with van der Waals surface area (Å²) in [4.78, 5) is 42.5. The number of nitrogens with zero attached hydrogens (tertiary/aromatic N) is 4. The average Bonchev–Trinajstić information content (AvgIpc) is 3.59. The molecule has 12 heteroatoms. The number of carbonyl (C=O) groups is 3. The Morgan fingerprint density at radius 2 is 2.03 bits per heavy atom. The van der Waals surface area contributed by atoms with Crippen LogP contribution in [-0.2, 0) is 25.8 Å². The minimum absolute atomic E-state index is 0.0473. The molecule has 11 nitrogen and oxygen atoms in total. The first-order valence-electron chi connectivity index (χ1n) is 12.8. The van der Waals surface area contributed by atoms with Gasteiger partial charge in [-0.15, -0.1) is 5.10 Å². The van der Waals surface area contributed by atoms with Crippen LogP contribution in [0.15, 0.2) is 24.3 Å². The lowest BCUT2D eigenvalue weighted by Crippen LogP contribution is -2.59. The number of rotatable bonds is 9. The van der Waals surface area contributed by atoms with Gasteiger partial charge in [-0.3, -0.25) is 14.4 Å². The zero-order valence-corrected chi connectivity index (χ0v) is 22.7. The molecule has 7 atom stereocenters. The average molecular weight is 577 g/mol. The molecule has 1 aromatic carbocycles. The summed E-state index contributed by atoms with van der Waals surface area (Å²) in [6.45, 7) is 5.99. The number of benzene rings is 1. The van der Waals surface area contributed by atoms with Crippen LogP contribution in [0, 0.1) is 17.8 Å². The second-order valence-electron chi connectivity index (χ2n) is 10.5. The van der Waals surface area contributed by atoms with Crippen molar-refractivity contribution in [1.82, 2.24) is 30.5 Å². The predicted octanol–water partition coefficient (Wildman–Crippen LogP) is 0.796. The first-order chi connectivity index (χ1) is 17.7. The summed E-state index contributed by atoms with van der Waals surface area (Å²) in [6.07, 6.45) is 0.650.